The summed E-state index contributed by atoms with van der Waals surface area (Å²) in [6, 6.07) is -0.844. The molecule has 0 spiro atoms. The highest BCUT2D eigenvalue weighted by Crippen LogP contribution is 2.19. The molecule has 0 aromatic rings. The first-order valence-corrected chi connectivity index (χ1v) is 9.89. The van der Waals surface area contributed by atoms with Crippen molar-refractivity contribution in [2.45, 2.75) is 51.5 Å². The van der Waals surface area contributed by atoms with Gasteiger partial charge in [-0.25, -0.2) is 4.79 Å². The van der Waals surface area contributed by atoms with Crippen LogP contribution >= 0.6 is 23.5 Å². The van der Waals surface area contributed by atoms with E-state index >= 15 is 0 Å². The molecule has 0 aromatic carbocycles. The van der Waals surface area contributed by atoms with Crippen LogP contribution in [-0.4, -0.2) is 45.4 Å². The molecule has 2 N–H and O–H groups in total. The molecule has 1 rings (SSSR count). The van der Waals surface area contributed by atoms with Crippen molar-refractivity contribution in [3.05, 3.63) is 0 Å². The number of carboxylic acids is 1. The van der Waals surface area contributed by atoms with E-state index in [1.54, 1.807) is 11.8 Å². The minimum atomic E-state index is -0.992. The van der Waals surface area contributed by atoms with E-state index in [2.05, 4.69) is 5.32 Å². The standard InChI is InChI=1S/C15H25NO4S2/c1-11(17)22-9-12-7-5-3-2-4-6-8-21-10-13(15(19)20)16-14(12)18/h12-13H,2-10H2,1H3,(H,16,18)(H,19,20)/t12?,13-/m0/s1. The van der Waals surface area contributed by atoms with Gasteiger partial charge < -0.3 is 10.4 Å². The number of hydrogen-bond donors (Lipinski definition) is 2. The van der Waals surface area contributed by atoms with Crippen LogP contribution in [0, 0.1) is 5.92 Å². The van der Waals surface area contributed by atoms with Crippen LogP contribution in [0.1, 0.15) is 45.4 Å². The van der Waals surface area contributed by atoms with Crippen molar-refractivity contribution in [3.63, 3.8) is 0 Å². The number of hydrogen-bond acceptors (Lipinski definition) is 5. The third kappa shape index (κ3) is 8.08. The number of carbonyl (C=O) groups is 3. The summed E-state index contributed by atoms with van der Waals surface area (Å²) in [6.45, 7) is 1.48. The van der Waals surface area contributed by atoms with Crippen molar-refractivity contribution in [2.75, 3.05) is 17.3 Å². The number of carboxylic acid groups (broad SMARTS) is 1. The topological polar surface area (TPSA) is 83.5 Å². The number of rotatable bonds is 3. The summed E-state index contributed by atoms with van der Waals surface area (Å²) in [6.07, 6.45) is 6.14. The van der Waals surface area contributed by atoms with Crippen molar-refractivity contribution in [2.24, 2.45) is 5.92 Å². The molecule has 0 saturated carbocycles. The average Bonchev–Trinajstić information content (AvgIpc) is 2.47. The van der Waals surface area contributed by atoms with Gasteiger partial charge in [-0.1, -0.05) is 37.4 Å². The van der Waals surface area contributed by atoms with Crippen LogP contribution in [0.3, 0.4) is 0 Å². The molecule has 0 aliphatic carbocycles. The Bertz CT molecular complexity index is 390. The Kier molecular flexibility index (Phi) is 9.63. The summed E-state index contributed by atoms with van der Waals surface area (Å²) in [5, 5.41) is 11.9. The Morgan fingerprint density at radius 3 is 2.64 bits per heavy atom. The summed E-state index contributed by atoms with van der Waals surface area (Å²) >= 11 is 2.72. The highest BCUT2D eigenvalue weighted by Gasteiger charge is 2.25. The van der Waals surface area contributed by atoms with E-state index < -0.39 is 12.0 Å². The Morgan fingerprint density at radius 1 is 1.27 bits per heavy atom. The lowest BCUT2D eigenvalue weighted by molar-refractivity contribution is -0.141. The third-order valence-electron chi connectivity index (χ3n) is 3.60. The van der Waals surface area contributed by atoms with E-state index in [9.17, 15) is 19.5 Å². The SMILES string of the molecule is CC(=O)SCC1CCCCCCCSC[C@@H](C(=O)O)NC1=O. The van der Waals surface area contributed by atoms with Gasteiger partial charge in [0.25, 0.3) is 0 Å². The highest BCUT2D eigenvalue weighted by molar-refractivity contribution is 8.13. The first-order valence-electron chi connectivity index (χ1n) is 7.75. The zero-order valence-electron chi connectivity index (χ0n) is 13.0. The zero-order chi connectivity index (χ0) is 16.4. The smallest absolute Gasteiger partial charge is 0.327 e. The van der Waals surface area contributed by atoms with Crippen molar-refractivity contribution >= 4 is 40.5 Å². The molecule has 126 valence electrons. The first kappa shape index (κ1) is 19.4. The molecular formula is C15H25NO4S2. The predicted octanol–water partition coefficient (Wildman–Crippen LogP) is 2.54. The number of amides is 1. The number of carbonyl (C=O) groups excluding carboxylic acids is 2. The van der Waals surface area contributed by atoms with E-state index in [1.807, 2.05) is 0 Å². The molecule has 0 bridgehead atoms. The zero-order valence-corrected chi connectivity index (χ0v) is 14.6. The molecule has 1 heterocycles. The van der Waals surface area contributed by atoms with Gasteiger partial charge >= 0.3 is 5.97 Å². The second-order valence-electron chi connectivity index (χ2n) is 5.53. The van der Waals surface area contributed by atoms with Crippen molar-refractivity contribution < 1.29 is 19.5 Å². The lowest BCUT2D eigenvalue weighted by Crippen LogP contribution is -2.45. The molecular weight excluding hydrogens is 322 g/mol. The average molecular weight is 348 g/mol. The van der Waals surface area contributed by atoms with Crippen molar-refractivity contribution in [1.82, 2.24) is 5.32 Å². The van der Waals surface area contributed by atoms with Gasteiger partial charge in [0, 0.05) is 24.3 Å². The Balaban J connectivity index is 2.68. The fourth-order valence-corrected chi connectivity index (χ4v) is 4.09. The van der Waals surface area contributed by atoms with Crippen LogP contribution in [0.25, 0.3) is 0 Å². The number of nitrogens with one attached hydrogen (secondary N) is 1. The maximum atomic E-state index is 12.3. The Morgan fingerprint density at radius 2 is 1.95 bits per heavy atom. The largest absolute Gasteiger partial charge is 0.480 e. The molecule has 0 aromatic heterocycles. The Labute approximate surface area is 140 Å². The lowest BCUT2D eigenvalue weighted by Gasteiger charge is -2.19. The maximum absolute atomic E-state index is 12.3. The highest BCUT2D eigenvalue weighted by atomic mass is 32.2. The van der Waals surface area contributed by atoms with E-state index in [4.69, 9.17) is 0 Å². The molecule has 1 saturated heterocycles. The van der Waals surface area contributed by atoms with E-state index in [0.29, 0.717) is 17.9 Å². The van der Waals surface area contributed by atoms with Gasteiger partial charge in [-0.3, -0.25) is 9.59 Å². The van der Waals surface area contributed by atoms with Crippen LogP contribution < -0.4 is 5.32 Å². The molecule has 7 heteroatoms. The summed E-state index contributed by atoms with van der Waals surface area (Å²) in [4.78, 5) is 34.7. The number of aliphatic carboxylic acids is 1. The first-order chi connectivity index (χ1) is 10.5. The van der Waals surface area contributed by atoms with Gasteiger partial charge in [-0.2, -0.15) is 11.8 Å². The normalized spacial score (nSPS) is 25.2. The minimum Gasteiger partial charge on any atom is -0.480 e. The molecule has 2 atom stereocenters. The van der Waals surface area contributed by atoms with Gasteiger partial charge in [0.2, 0.25) is 5.91 Å². The quantitative estimate of drug-likeness (QED) is 0.816. The van der Waals surface area contributed by atoms with E-state index in [-0.39, 0.29) is 16.9 Å². The van der Waals surface area contributed by atoms with Gasteiger partial charge in [-0.05, 0) is 18.6 Å². The molecule has 1 unspecified atom stereocenters. The molecule has 22 heavy (non-hydrogen) atoms. The second-order valence-corrected chi connectivity index (χ2v) is 7.88. The molecule has 1 amide bonds. The van der Waals surface area contributed by atoms with Gasteiger partial charge in [0.1, 0.15) is 6.04 Å². The molecule has 0 radical (unpaired) electrons. The molecule has 1 aliphatic rings. The van der Waals surface area contributed by atoms with Crippen LogP contribution in [0.2, 0.25) is 0 Å². The van der Waals surface area contributed by atoms with Crippen LogP contribution in [0.5, 0.6) is 0 Å². The molecule has 1 aliphatic heterocycles. The summed E-state index contributed by atoms with van der Waals surface area (Å²) < 4.78 is 0. The van der Waals surface area contributed by atoms with Gasteiger partial charge in [0.15, 0.2) is 5.12 Å². The van der Waals surface area contributed by atoms with Crippen molar-refractivity contribution in [3.8, 4) is 0 Å². The molecule has 5 nitrogen and oxygen atoms in total. The van der Waals surface area contributed by atoms with Crippen molar-refractivity contribution in [1.29, 1.82) is 0 Å². The van der Waals surface area contributed by atoms with Crippen LogP contribution in [0.15, 0.2) is 0 Å². The maximum Gasteiger partial charge on any atom is 0.327 e. The monoisotopic (exact) mass is 347 g/mol. The number of thioether (sulfide) groups is 2. The van der Waals surface area contributed by atoms with E-state index in [0.717, 1.165) is 49.6 Å². The van der Waals surface area contributed by atoms with Gasteiger partial charge in [0.05, 0.1) is 0 Å². The van der Waals surface area contributed by atoms with Gasteiger partial charge in [-0.15, -0.1) is 0 Å². The second kappa shape index (κ2) is 10.9. The van der Waals surface area contributed by atoms with Crippen LogP contribution in [-0.2, 0) is 14.4 Å². The minimum absolute atomic E-state index is 0.0129. The van der Waals surface area contributed by atoms with E-state index in [1.165, 1.54) is 6.92 Å². The summed E-state index contributed by atoms with van der Waals surface area (Å²) in [5.41, 5.74) is 0. The fraction of sp³-hybridized carbons (Fsp3) is 0.800. The summed E-state index contributed by atoms with van der Waals surface area (Å²) in [7, 11) is 0. The molecule has 1 fully saturated rings. The Hall–Kier alpha value is -0.690. The third-order valence-corrected chi connectivity index (χ3v) is 5.72. The lowest BCUT2D eigenvalue weighted by atomic mass is 10.0. The van der Waals surface area contributed by atoms with Crippen LogP contribution in [0.4, 0.5) is 0 Å². The summed E-state index contributed by atoms with van der Waals surface area (Å²) in [5.74, 6) is 0.244. The fourth-order valence-electron chi connectivity index (χ4n) is 2.30. The predicted molar refractivity (Wildman–Crippen MR) is 91.2 cm³/mol.